The molecule has 0 atom stereocenters. The minimum Gasteiger partial charge on any atom is -0.494 e. The van der Waals surface area contributed by atoms with Crippen molar-refractivity contribution in [2.75, 3.05) is 13.2 Å². The lowest BCUT2D eigenvalue weighted by Gasteiger charge is -2.14. The number of hydrogen-bond acceptors (Lipinski definition) is 2. The maximum atomic E-state index is 5.70. The highest BCUT2D eigenvalue weighted by Gasteiger charge is 2.27. The molecule has 1 aromatic rings. The van der Waals surface area contributed by atoms with Crippen LogP contribution in [0.5, 0.6) is 11.5 Å². The van der Waals surface area contributed by atoms with Crippen molar-refractivity contribution < 1.29 is 9.47 Å². The molecule has 0 heterocycles. The molecule has 0 aromatic heterocycles. The zero-order valence-corrected chi connectivity index (χ0v) is 10.4. The van der Waals surface area contributed by atoms with Gasteiger partial charge in [-0.25, -0.2) is 0 Å². The Kier molecular flexibility index (Phi) is 3.37. The van der Waals surface area contributed by atoms with Gasteiger partial charge < -0.3 is 9.47 Å². The van der Waals surface area contributed by atoms with Gasteiger partial charge in [0.05, 0.1) is 13.2 Å². The SMILES string of the molecule is CCOc1cc(C2CC2)c(OCC)cc1C. The van der Waals surface area contributed by atoms with E-state index in [0.717, 1.165) is 30.3 Å². The Morgan fingerprint density at radius 3 is 2.25 bits per heavy atom. The van der Waals surface area contributed by atoms with Gasteiger partial charge >= 0.3 is 0 Å². The van der Waals surface area contributed by atoms with Crippen LogP contribution in [0.3, 0.4) is 0 Å². The van der Waals surface area contributed by atoms with Crippen LogP contribution in [0, 0.1) is 6.92 Å². The first kappa shape index (κ1) is 11.3. The van der Waals surface area contributed by atoms with Crippen molar-refractivity contribution in [3.63, 3.8) is 0 Å². The number of benzene rings is 1. The molecule has 1 aliphatic carbocycles. The van der Waals surface area contributed by atoms with Crippen LogP contribution in [-0.4, -0.2) is 13.2 Å². The van der Waals surface area contributed by atoms with Gasteiger partial charge in [0, 0.05) is 5.56 Å². The molecule has 0 N–H and O–H groups in total. The Hall–Kier alpha value is -1.18. The molecule has 0 radical (unpaired) electrons. The second kappa shape index (κ2) is 4.77. The molecular formula is C14H20O2. The summed E-state index contributed by atoms with van der Waals surface area (Å²) >= 11 is 0. The van der Waals surface area contributed by atoms with Crippen molar-refractivity contribution >= 4 is 0 Å². The van der Waals surface area contributed by atoms with Crippen molar-refractivity contribution in [2.24, 2.45) is 0 Å². The maximum absolute atomic E-state index is 5.70. The molecule has 0 saturated heterocycles. The van der Waals surface area contributed by atoms with Gasteiger partial charge in [-0.2, -0.15) is 0 Å². The van der Waals surface area contributed by atoms with E-state index in [-0.39, 0.29) is 0 Å². The lowest BCUT2D eigenvalue weighted by Crippen LogP contribution is -2.00. The zero-order valence-electron chi connectivity index (χ0n) is 10.4. The third-order valence-corrected chi connectivity index (χ3v) is 2.92. The summed E-state index contributed by atoms with van der Waals surface area (Å²) in [6.07, 6.45) is 2.57. The lowest BCUT2D eigenvalue weighted by molar-refractivity contribution is 0.325. The number of ether oxygens (including phenoxy) is 2. The highest BCUT2D eigenvalue weighted by Crippen LogP contribution is 2.46. The molecule has 1 saturated carbocycles. The van der Waals surface area contributed by atoms with Crippen molar-refractivity contribution in [1.29, 1.82) is 0 Å². The van der Waals surface area contributed by atoms with E-state index in [2.05, 4.69) is 19.1 Å². The molecule has 1 aromatic carbocycles. The molecule has 0 unspecified atom stereocenters. The monoisotopic (exact) mass is 220 g/mol. The lowest BCUT2D eigenvalue weighted by atomic mass is 10.1. The average Bonchev–Trinajstić information content (AvgIpc) is 3.06. The summed E-state index contributed by atoms with van der Waals surface area (Å²) in [6.45, 7) is 7.57. The van der Waals surface area contributed by atoms with Crippen LogP contribution in [0.15, 0.2) is 12.1 Å². The Bertz CT molecular complexity index is 367. The summed E-state index contributed by atoms with van der Waals surface area (Å²) in [5.41, 5.74) is 2.49. The van der Waals surface area contributed by atoms with E-state index in [0.29, 0.717) is 5.92 Å². The molecule has 88 valence electrons. The first-order chi connectivity index (χ1) is 7.76. The van der Waals surface area contributed by atoms with Crippen LogP contribution in [0.4, 0.5) is 0 Å². The van der Waals surface area contributed by atoms with Crippen molar-refractivity contribution in [3.8, 4) is 11.5 Å². The molecule has 2 heteroatoms. The van der Waals surface area contributed by atoms with Gasteiger partial charge in [0.2, 0.25) is 0 Å². The van der Waals surface area contributed by atoms with E-state index in [4.69, 9.17) is 9.47 Å². The third kappa shape index (κ3) is 2.31. The third-order valence-electron chi connectivity index (χ3n) is 2.92. The molecule has 0 amide bonds. The quantitative estimate of drug-likeness (QED) is 0.753. The summed E-state index contributed by atoms with van der Waals surface area (Å²) in [6, 6.07) is 4.28. The molecule has 16 heavy (non-hydrogen) atoms. The van der Waals surface area contributed by atoms with Gasteiger partial charge in [-0.15, -0.1) is 0 Å². The van der Waals surface area contributed by atoms with Crippen molar-refractivity contribution in [1.82, 2.24) is 0 Å². The fourth-order valence-electron chi connectivity index (χ4n) is 1.98. The predicted octanol–water partition coefficient (Wildman–Crippen LogP) is 3.67. The Morgan fingerprint density at radius 2 is 1.69 bits per heavy atom. The predicted molar refractivity (Wildman–Crippen MR) is 65.5 cm³/mol. The van der Waals surface area contributed by atoms with Crippen molar-refractivity contribution in [2.45, 2.75) is 39.5 Å². The van der Waals surface area contributed by atoms with Crippen LogP contribution in [0.1, 0.15) is 43.7 Å². The highest BCUT2D eigenvalue weighted by atomic mass is 16.5. The normalized spacial score (nSPS) is 14.9. The topological polar surface area (TPSA) is 18.5 Å². The van der Waals surface area contributed by atoms with Crippen LogP contribution in [0.25, 0.3) is 0 Å². The van der Waals surface area contributed by atoms with E-state index in [1.54, 1.807) is 0 Å². The first-order valence-corrected chi connectivity index (χ1v) is 6.16. The molecule has 0 aliphatic heterocycles. The minimum atomic E-state index is 0.696. The number of aryl methyl sites for hydroxylation is 1. The summed E-state index contributed by atoms with van der Waals surface area (Å²) in [7, 11) is 0. The van der Waals surface area contributed by atoms with Gasteiger partial charge in [-0.05, 0) is 57.2 Å². The molecule has 2 rings (SSSR count). The van der Waals surface area contributed by atoms with Crippen molar-refractivity contribution in [3.05, 3.63) is 23.3 Å². The van der Waals surface area contributed by atoms with Gasteiger partial charge in [0.15, 0.2) is 0 Å². The summed E-state index contributed by atoms with van der Waals surface area (Å²) in [4.78, 5) is 0. The second-order valence-corrected chi connectivity index (χ2v) is 4.30. The Morgan fingerprint density at radius 1 is 1.06 bits per heavy atom. The maximum Gasteiger partial charge on any atom is 0.123 e. The molecule has 1 fully saturated rings. The Labute approximate surface area is 97.6 Å². The van der Waals surface area contributed by atoms with Crippen LogP contribution < -0.4 is 9.47 Å². The van der Waals surface area contributed by atoms with E-state index in [9.17, 15) is 0 Å². The van der Waals surface area contributed by atoms with E-state index >= 15 is 0 Å². The van der Waals surface area contributed by atoms with Gasteiger partial charge in [0.1, 0.15) is 11.5 Å². The number of rotatable bonds is 5. The molecule has 2 nitrogen and oxygen atoms in total. The van der Waals surface area contributed by atoms with Gasteiger partial charge in [0.25, 0.3) is 0 Å². The van der Waals surface area contributed by atoms with Crippen LogP contribution in [0.2, 0.25) is 0 Å². The van der Waals surface area contributed by atoms with Crippen LogP contribution in [-0.2, 0) is 0 Å². The van der Waals surface area contributed by atoms with E-state index < -0.39 is 0 Å². The fourth-order valence-corrected chi connectivity index (χ4v) is 1.98. The highest BCUT2D eigenvalue weighted by molar-refractivity contribution is 5.48. The summed E-state index contributed by atoms with van der Waals surface area (Å²) in [5, 5.41) is 0. The standard InChI is InChI=1S/C14H20O2/c1-4-15-13-9-12(11-6-7-11)14(16-5-2)8-10(13)3/h8-9,11H,4-7H2,1-3H3. The first-order valence-electron chi connectivity index (χ1n) is 6.16. The zero-order chi connectivity index (χ0) is 11.5. The summed E-state index contributed by atoms with van der Waals surface area (Å²) in [5.74, 6) is 2.75. The van der Waals surface area contributed by atoms with Gasteiger partial charge in [-0.1, -0.05) is 0 Å². The van der Waals surface area contributed by atoms with Gasteiger partial charge in [-0.3, -0.25) is 0 Å². The fraction of sp³-hybridized carbons (Fsp3) is 0.571. The summed E-state index contributed by atoms with van der Waals surface area (Å²) < 4.78 is 11.3. The van der Waals surface area contributed by atoms with E-state index in [1.165, 1.54) is 18.4 Å². The molecule has 0 spiro atoms. The molecule has 1 aliphatic rings. The second-order valence-electron chi connectivity index (χ2n) is 4.30. The smallest absolute Gasteiger partial charge is 0.123 e. The Balaban J connectivity index is 2.33. The largest absolute Gasteiger partial charge is 0.494 e. The molecular weight excluding hydrogens is 200 g/mol. The minimum absolute atomic E-state index is 0.696. The van der Waals surface area contributed by atoms with Crippen LogP contribution >= 0.6 is 0 Å². The average molecular weight is 220 g/mol. The molecule has 0 bridgehead atoms. The number of hydrogen-bond donors (Lipinski definition) is 0. The van der Waals surface area contributed by atoms with E-state index in [1.807, 2.05) is 13.8 Å².